The van der Waals surface area contributed by atoms with E-state index >= 15 is 0 Å². The molecule has 0 spiro atoms. The first-order valence-corrected chi connectivity index (χ1v) is 7.27. The van der Waals surface area contributed by atoms with Gasteiger partial charge in [-0.2, -0.15) is 0 Å². The van der Waals surface area contributed by atoms with Crippen molar-refractivity contribution in [1.29, 1.82) is 0 Å². The highest BCUT2D eigenvalue weighted by molar-refractivity contribution is 5.71. The number of hydrogen-bond acceptors (Lipinski definition) is 3. The lowest BCUT2D eigenvalue weighted by Gasteiger charge is -2.31. The first-order valence-electron chi connectivity index (χ1n) is 7.27. The molecule has 3 nitrogen and oxygen atoms in total. The summed E-state index contributed by atoms with van der Waals surface area (Å²) in [5.74, 6) is 0.307. The molecule has 104 valence electrons. The summed E-state index contributed by atoms with van der Waals surface area (Å²) in [5, 5.41) is 0. The molecule has 1 saturated carbocycles. The average molecular weight is 261 g/mol. The molecule has 0 bridgehead atoms. The van der Waals surface area contributed by atoms with Gasteiger partial charge in [-0.3, -0.25) is 9.78 Å². The number of carbonyl (C=O) groups is 1. The van der Waals surface area contributed by atoms with Crippen LogP contribution in [-0.2, 0) is 16.0 Å². The van der Waals surface area contributed by atoms with Gasteiger partial charge >= 0.3 is 5.97 Å². The Morgan fingerprint density at radius 1 is 1.37 bits per heavy atom. The highest BCUT2D eigenvalue weighted by Gasteiger charge is 2.29. The van der Waals surface area contributed by atoms with Crippen LogP contribution in [0.5, 0.6) is 0 Å². The van der Waals surface area contributed by atoms with Crippen molar-refractivity contribution in [3.8, 4) is 0 Å². The molecule has 1 fully saturated rings. The molecular formula is C16H23NO2. The first kappa shape index (κ1) is 14.0. The lowest BCUT2D eigenvalue weighted by Crippen LogP contribution is -2.33. The standard InChI is InChI=1S/C16H23NO2/c1-12(2)16(18)19-15-9-4-3-7-13(15)11-14-8-5-6-10-17-14/h5-6,8,10,12-13,15H,3-4,7,9,11H2,1-2H3/t13-,15-/m1/s1. The molecule has 1 aliphatic carbocycles. The highest BCUT2D eigenvalue weighted by Crippen LogP contribution is 2.29. The van der Waals surface area contributed by atoms with E-state index in [1.807, 2.05) is 32.2 Å². The van der Waals surface area contributed by atoms with Crippen LogP contribution in [0.25, 0.3) is 0 Å². The third kappa shape index (κ3) is 4.05. The van der Waals surface area contributed by atoms with E-state index in [-0.39, 0.29) is 18.0 Å². The summed E-state index contributed by atoms with van der Waals surface area (Å²) >= 11 is 0. The Morgan fingerprint density at radius 2 is 2.16 bits per heavy atom. The first-order chi connectivity index (χ1) is 9.16. The Labute approximate surface area is 115 Å². The molecule has 0 aromatic carbocycles. The normalized spacial score (nSPS) is 23.3. The summed E-state index contributed by atoms with van der Waals surface area (Å²) in [6.07, 6.45) is 7.33. The summed E-state index contributed by atoms with van der Waals surface area (Å²) in [6.45, 7) is 3.78. The number of pyridine rings is 1. The maximum Gasteiger partial charge on any atom is 0.308 e. The van der Waals surface area contributed by atoms with Crippen molar-refractivity contribution in [2.45, 2.75) is 52.1 Å². The predicted octanol–water partition coefficient (Wildman–Crippen LogP) is 3.38. The third-order valence-electron chi connectivity index (χ3n) is 3.78. The van der Waals surface area contributed by atoms with Crippen LogP contribution < -0.4 is 0 Å². The van der Waals surface area contributed by atoms with Gasteiger partial charge in [-0.05, 0) is 37.8 Å². The lowest BCUT2D eigenvalue weighted by atomic mass is 9.83. The van der Waals surface area contributed by atoms with E-state index in [1.165, 1.54) is 6.42 Å². The highest BCUT2D eigenvalue weighted by atomic mass is 16.5. The summed E-state index contributed by atoms with van der Waals surface area (Å²) in [5.41, 5.74) is 1.10. The summed E-state index contributed by atoms with van der Waals surface area (Å²) < 4.78 is 5.67. The Balaban J connectivity index is 1.98. The zero-order valence-corrected chi connectivity index (χ0v) is 11.8. The molecule has 1 aliphatic rings. The number of hydrogen-bond donors (Lipinski definition) is 0. The van der Waals surface area contributed by atoms with Gasteiger partial charge in [0.05, 0.1) is 5.92 Å². The van der Waals surface area contributed by atoms with E-state index in [0.717, 1.165) is 31.4 Å². The molecule has 2 atom stereocenters. The van der Waals surface area contributed by atoms with E-state index in [1.54, 1.807) is 0 Å². The van der Waals surface area contributed by atoms with E-state index in [0.29, 0.717) is 5.92 Å². The van der Waals surface area contributed by atoms with Gasteiger partial charge in [-0.25, -0.2) is 0 Å². The van der Waals surface area contributed by atoms with Gasteiger partial charge in [-0.1, -0.05) is 26.3 Å². The second-order valence-electron chi connectivity index (χ2n) is 5.70. The molecule has 0 saturated heterocycles. The third-order valence-corrected chi connectivity index (χ3v) is 3.78. The molecule has 1 aromatic heterocycles. The van der Waals surface area contributed by atoms with Gasteiger partial charge in [0.2, 0.25) is 0 Å². The molecule has 1 heterocycles. The Hall–Kier alpha value is -1.38. The SMILES string of the molecule is CC(C)C(=O)O[C@@H]1CCCC[C@@H]1Cc1ccccn1. The molecule has 0 N–H and O–H groups in total. The monoisotopic (exact) mass is 261 g/mol. The molecule has 3 heteroatoms. The van der Waals surface area contributed by atoms with Gasteiger partial charge in [0, 0.05) is 17.8 Å². The second kappa shape index (κ2) is 6.69. The van der Waals surface area contributed by atoms with Crippen LogP contribution in [0.4, 0.5) is 0 Å². The van der Waals surface area contributed by atoms with E-state index in [2.05, 4.69) is 11.1 Å². The number of rotatable bonds is 4. The minimum atomic E-state index is -0.0714. The smallest absolute Gasteiger partial charge is 0.308 e. The Kier molecular flexibility index (Phi) is 4.94. The van der Waals surface area contributed by atoms with Gasteiger partial charge in [0.1, 0.15) is 6.10 Å². The van der Waals surface area contributed by atoms with Crippen LogP contribution >= 0.6 is 0 Å². The molecule has 0 unspecified atom stereocenters. The minimum Gasteiger partial charge on any atom is -0.462 e. The fourth-order valence-electron chi connectivity index (χ4n) is 2.64. The van der Waals surface area contributed by atoms with Crippen molar-refractivity contribution in [3.05, 3.63) is 30.1 Å². The number of nitrogens with zero attached hydrogens (tertiary/aromatic N) is 1. The van der Waals surface area contributed by atoms with Gasteiger partial charge in [-0.15, -0.1) is 0 Å². The van der Waals surface area contributed by atoms with E-state index in [9.17, 15) is 4.79 Å². The van der Waals surface area contributed by atoms with Crippen LogP contribution in [0.15, 0.2) is 24.4 Å². The van der Waals surface area contributed by atoms with Gasteiger partial charge in [0.25, 0.3) is 0 Å². The van der Waals surface area contributed by atoms with E-state index in [4.69, 9.17) is 4.74 Å². The molecule has 0 aliphatic heterocycles. The Bertz CT molecular complexity index is 402. The number of carbonyl (C=O) groups excluding carboxylic acids is 1. The zero-order chi connectivity index (χ0) is 13.7. The molecular weight excluding hydrogens is 238 g/mol. The molecule has 2 rings (SSSR count). The van der Waals surface area contributed by atoms with E-state index < -0.39 is 0 Å². The van der Waals surface area contributed by atoms with Crippen molar-refractivity contribution in [2.75, 3.05) is 0 Å². The van der Waals surface area contributed by atoms with Gasteiger partial charge in [0.15, 0.2) is 0 Å². The molecule has 0 amide bonds. The zero-order valence-electron chi connectivity index (χ0n) is 11.8. The molecule has 1 aromatic rings. The summed E-state index contributed by atoms with van der Waals surface area (Å²) in [7, 11) is 0. The van der Waals surface area contributed by atoms with Crippen molar-refractivity contribution in [3.63, 3.8) is 0 Å². The van der Waals surface area contributed by atoms with Crippen LogP contribution in [-0.4, -0.2) is 17.1 Å². The molecule has 19 heavy (non-hydrogen) atoms. The maximum absolute atomic E-state index is 11.8. The number of aromatic nitrogens is 1. The predicted molar refractivity (Wildman–Crippen MR) is 74.6 cm³/mol. The van der Waals surface area contributed by atoms with Crippen molar-refractivity contribution in [2.24, 2.45) is 11.8 Å². The van der Waals surface area contributed by atoms with Crippen LogP contribution in [0.3, 0.4) is 0 Å². The second-order valence-corrected chi connectivity index (χ2v) is 5.70. The number of esters is 1. The average Bonchev–Trinajstić information content (AvgIpc) is 2.42. The van der Waals surface area contributed by atoms with Gasteiger partial charge < -0.3 is 4.74 Å². The van der Waals surface area contributed by atoms with Crippen molar-refractivity contribution >= 4 is 5.97 Å². The maximum atomic E-state index is 11.8. The largest absolute Gasteiger partial charge is 0.462 e. The minimum absolute atomic E-state index is 0.0440. The van der Waals surface area contributed by atoms with Crippen LogP contribution in [0.2, 0.25) is 0 Å². The summed E-state index contributed by atoms with van der Waals surface area (Å²) in [4.78, 5) is 16.2. The van der Waals surface area contributed by atoms with Crippen LogP contribution in [0.1, 0.15) is 45.2 Å². The Morgan fingerprint density at radius 3 is 2.84 bits per heavy atom. The van der Waals surface area contributed by atoms with Crippen molar-refractivity contribution in [1.82, 2.24) is 4.98 Å². The quantitative estimate of drug-likeness (QED) is 0.780. The fourth-order valence-corrected chi connectivity index (χ4v) is 2.64. The molecule has 0 radical (unpaired) electrons. The van der Waals surface area contributed by atoms with Crippen molar-refractivity contribution < 1.29 is 9.53 Å². The fraction of sp³-hybridized carbons (Fsp3) is 0.625. The lowest BCUT2D eigenvalue weighted by molar-refractivity contribution is -0.157. The summed E-state index contributed by atoms with van der Waals surface area (Å²) in [6, 6.07) is 6.00. The topological polar surface area (TPSA) is 39.2 Å². The number of ether oxygens (including phenoxy) is 1. The van der Waals surface area contributed by atoms with Crippen LogP contribution in [0, 0.1) is 11.8 Å².